The Morgan fingerprint density at radius 3 is 2.85 bits per heavy atom. The Kier molecular flexibility index (Phi) is 6.78. The minimum atomic E-state index is -0.631. The Morgan fingerprint density at radius 2 is 2.09 bits per heavy atom. The summed E-state index contributed by atoms with van der Waals surface area (Å²) in [5.74, 6) is -0.759. The van der Waals surface area contributed by atoms with Crippen molar-refractivity contribution < 1.29 is 18.7 Å². The van der Waals surface area contributed by atoms with Gasteiger partial charge in [0.25, 0.3) is 5.91 Å². The average molecular weight is 485 g/mol. The minimum absolute atomic E-state index is 0.0530. The molecule has 0 saturated carbocycles. The minimum Gasteiger partial charge on any atom is -0.449 e. The van der Waals surface area contributed by atoms with Gasteiger partial charge in [0.05, 0.1) is 29.7 Å². The molecule has 0 radical (unpaired) electrons. The molecule has 0 saturated heterocycles. The molecule has 9 nitrogen and oxygen atoms in total. The van der Waals surface area contributed by atoms with Gasteiger partial charge in [-0.25, -0.2) is 14.2 Å². The van der Waals surface area contributed by atoms with Crippen LogP contribution >= 0.6 is 11.6 Å². The van der Waals surface area contributed by atoms with Gasteiger partial charge in [0, 0.05) is 25.7 Å². The van der Waals surface area contributed by atoms with Crippen LogP contribution in [-0.2, 0) is 11.2 Å². The number of anilines is 5. The summed E-state index contributed by atoms with van der Waals surface area (Å²) in [6.07, 6.45) is 1.56. The Balaban J connectivity index is 1.62. The van der Waals surface area contributed by atoms with Gasteiger partial charge >= 0.3 is 6.09 Å². The van der Waals surface area contributed by atoms with Gasteiger partial charge in [0.1, 0.15) is 10.8 Å². The fourth-order valence-corrected chi connectivity index (χ4v) is 3.73. The molecule has 0 unspecified atom stereocenters. The summed E-state index contributed by atoms with van der Waals surface area (Å²) in [4.78, 5) is 34.4. The second kappa shape index (κ2) is 9.92. The van der Waals surface area contributed by atoms with Crippen LogP contribution in [0, 0.1) is 5.82 Å². The third-order valence-electron chi connectivity index (χ3n) is 5.23. The highest BCUT2D eigenvalue weighted by Crippen LogP contribution is 2.31. The summed E-state index contributed by atoms with van der Waals surface area (Å²) in [5.41, 5.74) is 2.47. The molecule has 0 spiro atoms. The topological polar surface area (TPSA) is 108 Å². The zero-order valence-corrected chi connectivity index (χ0v) is 19.2. The number of carbonyl (C=O) groups excluding carboxylic acids is 2. The normalized spacial score (nSPS) is 12.9. The first-order chi connectivity index (χ1) is 16.4. The maximum absolute atomic E-state index is 14.5. The Hall–Kier alpha value is -3.92. The van der Waals surface area contributed by atoms with Gasteiger partial charge in [0.2, 0.25) is 5.95 Å². The lowest BCUT2D eigenvalue weighted by Crippen LogP contribution is -2.30. The molecule has 1 aliphatic rings. The van der Waals surface area contributed by atoms with Crippen molar-refractivity contribution >= 4 is 52.4 Å². The van der Waals surface area contributed by atoms with Crippen LogP contribution in [0.25, 0.3) is 0 Å². The highest BCUT2D eigenvalue weighted by atomic mass is 35.5. The fraction of sp³-hybridized carbons (Fsp3) is 0.217. The summed E-state index contributed by atoms with van der Waals surface area (Å²) in [7, 11) is 1.46. The summed E-state index contributed by atoms with van der Waals surface area (Å²) >= 11 is 6.24. The van der Waals surface area contributed by atoms with Gasteiger partial charge in [-0.3, -0.25) is 9.69 Å². The standard InChI is InChI=1S/C23H22ClFN6O3/c1-3-31-18-8-7-14(11-13(18)9-10-34-23(31)33)28-22-27-12-16(24)20(30-22)29-19-15(21(32)26-2)5-4-6-17(19)25/h4-8,11-12H,3,9-10H2,1-2H3,(H,26,32)(H2,27,28,29,30). The molecule has 2 heterocycles. The second-order valence-electron chi connectivity index (χ2n) is 7.33. The number of rotatable bonds is 6. The van der Waals surface area contributed by atoms with E-state index in [2.05, 4.69) is 25.9 Å². The van der Waals surface area contributed by atoms with Gasteiger partial charge in [-0.2, -0.15) is 4.98 Å². The quantitative estimate of drug-likeness (QED) is 0.468. The number of hydrogen-bond donors (Lipinski definition) is 3. The van der Waals surface area contributed by atoms with Gasteiger partial charge < -0.3 is 20.7 Å². The van der Waals surface area contributed by atoms with E-state index in [1.165, 1.54) is 31.4 Å². The lowest BCUT2D eigenvalue weighted by molar-refractivity contribution is 0.0963. The molecule has 0 bridgehead atoms. The van der Waals surface area contributed by atoms with E-state index in [0.717, 1.165) is 11.3 Å². The van der Waals surface area contributed by atoms with Crippen LogP contribution in [0.3, 0.4) is 0 Å². The van der Waals surface area contributed by atoms with E-state index < -0.39 is 11.7 Å². The molecule has 1 aliphatic heterocycles. The van der Waals surface area contributed by atoms with E-state index in [1.54, 1.807) is 11.0 Å². The van der Waals surface area contributed by atoms with Gasteiger partial charge in [-0.05, 0) is 42.8 Å². The molecule has 2 amide bonds. The number of hydrogen-bond acceptors (Lipinski definition) is 7. The van der Waals surface area contributed by atoms with E-state index in [4.69, 9.17) is 16.3 Å². The molecule has 0 aliphatic carbocycles. The average Bonchev–Trinajstić information content (AvgIpc) is 2.99. The molecule has 0 fully saturated rings. The van der Waals surface area contributed by atoms with Crippen molar-refractivity contribution in [2.45, 2.75) is 13.3 Å². The molecule has 3 aromatic rings. The van der Waals surface area contributed by atoms with Gasteiger partial charge in [-0.1, -0.05) is 17.7 Å². The summed E-state index contributed by atoms with van der Waals surface area (Å²) in [6.45, 7) is 2.65. The van der Waals surface area contributed by atoms with Crippen molar-refractivity contribution in [1.82, 2.24) is 15.3 Å². The molecule has 3 N–H and O–H groups in total. The number of benzene rings is 2. The third-order valence-corrected chi connectivity index (χ3v) is 5.51. The number of para-hydroxylation sites is 1. The van der Waals surface area contributed by atoms with E-state index in [-0.39, 0.29) is 40.7 Å². The molecule has 4 rings (SSSR count). The molecular formula is C23H22ClFN6O3. The van der Waals surface area contributed by atoms with Crippen molar-refractivity contribution in [2.75, 3.05) is 35.7 Å². The van der Waals surface area contributed by atoms with Crippen LogP contribution in [0.15, 0.2) is 42.6 Å². The third kappa shape index (κ3) is 4.72. The fourth-order valence-electron chi connectivity index (χ4n) is 3.59. The number of cyclic esters (lactones) is 1. The summed E-state index contributed by atoms with van der Waals surface area (Å²) in [5, 5.41) is 8.53. The van der Waals surface area contributed by atoms with E-state index in [1.807, 2.05) is 19.1 Å². The number of aromatic nitrogens is 2. The van der Waals surface area contributed by atoms with Crippen molar-refractivity contribution in [3.63, 3.8) is 0 Å². The predicted octanol–water partition coefficient (Wildman–Crippen LogP) is 4.63. The first kappa shape index (κ1) is 23.2. The second-order valence-corrected chi connectivity index (χ2v) is 7.74. The Bertz CT molecular complexity index is 1260. The van der Waals surface area contributed by atoms with Crippen LogP contribution in [-0.4, -0.2) is 42.2 Å². The number of amides is 2. The molecular weight excluding hydrogens is 463 g/mol. The maximum Gasteiger partial charge on any atom is 0.414 e. The number of nitrogens with one attached hydrogen (secondary N) is 3. The number of nitrogens with zero attached hydrogens (tertiary/aromatic N) is 3. The highest BCUT2D eigenvalue weighted by Gasteiger charge is 2.22. The monoisotopic (exact) mass is 484 g/mol. The van der Waals surface area contributed by atoms with Gasteiger partial charge in [0.15, 0.2) is 5.82 Å². The highest BCUT2D eigenvalue weighted by molar-refractivity contribution is 6.33. The number of fused-ring (bicyclic) bond motifs is 1. The SMILES string of the molecule is CCN1C(=O)OCCc2cc(Nc3ncc(Cl)c(Nc4c(F)cccc4C(=O)NC)n3)ccc21. The maximum atomic E-state index is 14.5. The smallest absolute Gasteiger partial charge is 0.414 e. The summed E-state index contributed by atoms with van der Waals surface area (Å²) in [6, 6.07) is 9.68. The number of carbonyl (C=O) groups is 2. The van der Waals surface area contributed by atoms with Crippen LogP contribution in [0.1, 0.15) is 22.8 Å². The largest absolute Gasteiger partial charge is 0.449 e. The lowest BCUT2D eigenvalue weighted by atomic mass is 10.1. The number of halogens is 2. The molecule has 2 aromatic carbocycles. The first-order valence-electron chi connectivity index (χ1n) is 10.6. The van der Waals surface area contributed by atoms with Gasteiger partial charge in [-0.15, -0.1) is 0 Å². The molecule has 176 valence electrons. The molecule has 1 aromatic heterocycles. The number of ether oxygens (including phenoxy) is 1. The van der Waals surface area contributed by atoms with Crippen molar-refractivity contribution in [2.24, 2.45) is 0 Å². The van der Waals surface area contributed by atoms with Crippen molar-refractivity contribution in [3.05, 3.63) is 64.6 Å². The van der Waals surface area contributed by atoms with E-state index in [9.17, 15) is 14.0 Å². The Morgan fingerprint density at radius 1 is 1.26 bits per heavy atom. The van der Waals surface area contributed by atoms with Crippen LogP contribution in [0.2, 0.25) is 5.02 Å². The molecule has 0 atom stereocenters. The van der Waals surface area contributed by atoms with Crippen molar-refractivity contribution in [3.8, 4) is 0 Å². The zero-order chi connectivity index (χ0) is 24.2. The van der Waals surface area contributed by atoms with Crippen molar-refractivity contribution in [1.29, 1.82) is 0 Å². The Labute approximate surface area is 200 Å². The van der Waals surface area contributed by atoms with E-state index in [0.29, 0.717) is 18.7 Å². The first-order valence-corrected chi connectivity index (χ1v) is 10.9. The zero-order valence-electron chi connectivity index (χ0n) is 18.5. The lowest BCUT2D eigenvalue weighted by Gasteiger charge is -2.20. The van der Waals surface area contributed by atoms with Crippen LogP contribution < -0.4 is 20.9 Å². The van der Waals surface area contributed by atoms with E-state index >= 15 is 0 Å². The molecule has 11 heteroatoms. The van der Waals surface area contributed by atoms with Crippen LogP contribution in [0.4, 0.5) is 38.0 Å². The molecule has 34 heavy (non-hydrogen) atoms. The van der Waals surface area contributed by atoms with Crippen LogP contribution in [0.5, 0.6) is 0 Å². The predicted molar refractivity (Wildman–Crippen MR) is 128 cm³/mol. The summed E-state index contributed by atoms with van der Waals surface area (Å²) < 4.78 is 19.7.